The minimum Gasteiger partial charge on any atom is -0.357 e. The number of hydrogen-bond acceptors (Lipinski definition) is 2. The van der Waals surface area contributed by atoms with E-state index in [1.807, 2.05) is 7.41 Å². The van der Waals surface area contributed by atoms with Crippen molar-refractivity contribution in [3.8, 4) is 0 Å². The summed E-state index contributed by atoms with van der Waals surface area (Å²) in [6.45, 7) is 1.10. The molecule has 1 spiro atoms. The molecule has 2 saturated heterocycles. The number of hydrogen-bond donors (Lipinski definition) is 1. The highest BCUT2D eigenvalue weighted by Crippen LogP contribution is 2.26. The highest BCUT2D eigenvalue weighted by Gasteiger charge is 2.54. The lowest BCUT2D eigenvalue weighted by Crippen LogP contribution is -2.51. The normalized spacial score (nSPS) is 34.4. The van der Waals surface area contributed by atoms with Crippen molar-refractivity contribution in [2.75, 3.05) is 13.1 Å². The number of rotatable bonds is 0. The van der Waals surface area contributed by atoms with E-state index in [0.717, 1.165) is 5.12 Å². The maximum Gasteiger partial charge on any atom is 0.231 e. The van der Waals surface area contributed by atoms with Crippen molar-refractivity contribution in [1.82, 2.24) is 10.3 Å². The van der Waals surface area contributed by atoms with Gasteiger partial charge in [-0.15, -0.1) is 9.60 Å². The minimum absolute atomic E-state index is 0.120. The second-order valence-corrected chi connectivity index (χ2v) is 2.22. The lowest BCUT2D eigenvalue weighted by atomic mass is 9.82. The van der Waals surface area contributed by atoms with Gasteiger partial charge in [0.25, 0.3) is 0 Å². The molecule has 2 heterocycles. The molecule has 1 N–H and O–H groups in total. The van der Waals surface area contributed by atoms with E-state index in [9.17, 15) is 4.48 Å². The Hall–Kier alpha value is -0.0851. The first-order chi connectivity index (χ1) is 3.31. The van der Waals surface area contributed by atoms with Gasteiger partial charge < -0.3 is 5.23 Å². The van der Waals surface area contributed by atoms with Gasteiger partial charge in [0.15, 0.2) is 0 Å². The molecule has 7 heavy (non-hydrogen) atoms. The topological polar surface area (TPSA) is 25.2 Å². The van der Waals surface area contributed by atoms with Crippen molar-refractivity contribution in [3.05, 3.63) is 0 Å². The van der Waals surface area contributed by atoms with Crippen molar-refractivity contribution >= 4 is 7.41 Å². The zero-order valence-electron chi connectivity index (χ0n) is 3.82. The molecule has 0 aromatic carbocycles. The molecule has 0 amide bonds. The van der Waals surface area contributed by atoms with Gasteiger partial charge >= 0.3 is 0 Å². The standard InChI is InChI=1S/C3H5BFN2/c5-7-1-3(2-7)4-6-3/h6H,1-2H2. The van der Waals surface area contributed by atoms with Gasteiger partial charge in [-0.25, -0.2) is 0 Å². The van der Waals surface area contributed by atoms with Gasteiger partial charge in [0.2, 0.25) is 7.41 Å². The van der Waals surface area contributed by atoms with Crippen LogP contribution in [-0.4, -0.2) is 31.1 Å². The fourth-order valence-corrected chi connectivity index (χ4v) is 0.851. The van der Waals surface area contributed by atoms with Crippen LogP contribution in [0.2, 0.25) is 0 Å². The van der Waals surface area contributed by atoms with Crippen LogP contribution in [0.1, 0.15) is 0 Å². The summed E-state index contributed by atoms with van der Waals surface area (Å²) in [7, 11) is 1.93. The van der Waals surface area contributed by atoms with Gasteiger partial charge in [0.05, 0.1) is 0 Å². The number of nitrogens with one attached hydrogen (secondary N) is 1. The summed E-state index contributed by atoms with van der Waals surface area (Å²) in [4.78, 5) is 0. The molecule has 2 aliphatic heterocycles. The molecular weight excluding hydrogens is 93.9 g/mol. The highest BCUT2D eigenvalue weighted by atomic mass is 19.2. The van der Waals surface area contributed by atoms with Crippen molar-refractivity contribution in [3.63, 3.8) is 0 Å². The summed E-state index contributed by atoms with van der Waals surface area (Å²) in [5.41, 5.74) is 0.120. The molecule has 0 unspecified atom stereocenters. The summed E-state index contributed by atoms with van der Waals surface area (Å²) in [5.74, 6) is 0. The third kappa shape index (κ3) is 0.408. The Morgan fingerprint density at radius 1 is 1.71 bits per heavy atom. The second kappa shape index (κ2) is 0.857. The van der Waals surface area contributed by atoms with Crippen LogP contribution in [-0.2, 0) is 0 Å². The second-order valence-electron chi connectivity index (χ2n) is 2.22. The maximum absolute atomic E-state index is 11.8. The lowest BCUT2D eigenvalue weighted by Gasteiger charge is -2.31. The van der Waals surface area contributed by atoms with E-state index in [0.29, 0.717) is 13.1 Å². The van der Waals surface area contributed by atoms with E-state index in [1.54, 1.807) is 0 Å². The first kappa shape index (κ1) is 3.86. The molecule has 2 aliphatic rings. The maximum atomic E-state index is 11.8. The molecule has 2 rings (SSSR count). The Bertz CT molecular complexity index is 95.1. The Labute approximate surface area is 41.9 Å². The molecular formula is C3H5BFN2. The largest absolute Gasteiger partial charge is 0.357 e. The minimum atomic E-state index is 0.120. The van der Waals surface area contributed by atoms with Gasteiger partial charge in [-0.2, -0.15) is 0 Å². The third-order valence-corrected chi connectivity index (χ3v) is 1.46. The van der Waals surface area contributed by atoms with Crippen LogP contribution in [0, 0.1) is 0 Å². The Morgan fingerprint density at radius 3 is 2.43 bits per heavy atom. The quantitative estimate of drug-likeness (QED) is 0.242. The van der Waals surface area contributed by atoms with E-state index in [1.165, 1.54) is 0 Å². The Morgan fingerprint density at radius 2 is 2.29 bits per heavy atom. The summed E-state index contributed by atoms with van der Waals surface area (Å²) < 4.78 is 11.8. The Kier molecular flexibility index (Phi) is 0.473. The van der Waals surface area contributed by atoms with Gasteiger partial charge in [-0.1, -0.05) is 0 Å². The van der Waals surface area contributed by atoms with Crippen molar-refractivity contribution in [1.29, 1.82) is 0 Å². The molecule has 2 nitrogen and oxygen atoms in total. The SMILES string of the molecule is FN1CC2([B]N2)C1. The predicted octanol–water partition coefficient (Wildman–Crippen LogP) is -0.895. The number of halogens is 1. The van der Waals surface area contributed by atoms with Crippen LogP contribution in [0.15, 0.2) is 0 Å². The van der Waals surface area contributed by atoms with Crippen molar-refractivity contribution in [2.24, 2.45) is 0 Å². The van der Waals surface area contributed by atoms with Crippen molar-refractivity contribution < 1.29 is 4.48 Å². The summed E-state index contributed by atoms with van der Waals surface area (Å²) in [5, 5.41) is 3.77. The average molecular weight is 98.9 g/mol. The molecule has 0 aromatic heterocycles. The zero-order chi connectivity index (χ0) is 4.91. The first-order valence-corrected chi connectivity index (χ1v) is 2.34. The van der Waals surface area contributed by atoms with Gasteiger partial charge in [-0.3, -0.25) is 0 Å². The van der Waals surface area contributed by atoms with E-state index < -0.39 is 0 Å². The summed E-state index contributed by atoms with van der Waals surface area (Å²) in [6, 6.07) is 0. The van der Waals surface area contributed by atoms with E-state index >= 15 is 0 Å². The van der Waals surface area contributed by atoms with Gasteiger partial charge in [0, 0.05) is 18.5 Å². The summed E-state index contributed by atoms with van der Waals surface area (Å²) in [6.07, 6.45) is 0. The number of nitrogens with zero attached hydrogens (tertiary/aromatic N) is 1. The van der Waals surface area contributed by atoms with Crippen LogP contribution >= 0.6 is 0 Å². The average Bonchev–Trinajstić information content (AvgIpc) is 2.14. The zero-order valence-corrected chi connectivity index (χ0v) is 3.82. The third-order valence-electron chi connectivity index (χ3n) is 1.46. The summed E-state index contributed by atoms with van der Waals surface area (Å²) >= 11 is 0. The molecule has 0 bridgehead atoms. The highest BCUT2D eigenvalue weighted by molar-refractivity contribution is 6.50. The monoisotopic (exact) mass is 99.1 g/mol. The Balaban J connectivity index is 1.97. The fourth-order valence-electron chi connectivity index (χ4n) is 0.851. The fraction of sp³-hybridized carbons (Fsp3) is 1.00. The first-order valence-electron chi connectivity index (χ1n) is 2.34. The molecule has 37 valence electrons. The smallest absolute Gasteiger partial charge is 0.231 e. The molecule has 2 fully saturated rings. The lowest BCUT2D eigenvalue weighted by molar-refractivity contribution is -0.0545. The molecule has 4 heteroatoms. The van der Waals surface area contributed by atoms with Crippen LogP contribution in [0.3, 0.4) is 0 Å². The predicted molar refractivity (Wildman–Crippen MR) is 24.3 cm³/mol. The van der Waals surface area contributed by atoms with Crippen LogP contribution in [0.4, 0.5) is 4.48 Å². The van der Waals surface area contributed by atoms with E-state index in [2.05, 4.69) is 5.23 Å². The van der Waals surface area contributed by atoms with E-state index in [-0.39, 0.29) is 5.44 Å². The molecule has 0 saturated carbocycles. The van der Waals surface area contributed by atoms with Crippen molar-refractivity contribution in [2.45, 2.75) is 5.44 Å². The van der Waals surface area contributed by atoms with Gasteiger partial charge in [-0.05, 0) is 0 Å². The van der Waals surface area contributed by atoms with Crippen LogP contribution in [0.5, 0.6) is 0 Å². The molecule has 0 aliphatic carbocycles. The molecule has 0 atom stereocenters. The van der Waals surface area contributed by atoms with Gasteiger partial charge in [0.1, 0.15) is 0 Å². The van der Waals surface area contributed by atoms with Crippen LogP contribution in [0.25, 0.3) is 0 Å². The molecule has 0 aromatic rings. The molecule has 1 radical (unpaired) electrons. The van der Waals surface area contributed by atoms with E-state index in [4.69, 9.17) is 0 Å². The van der Waals surface area contributed by atoms with Crippen LogP contribution < -0.4 is 5.23 Å².